The lowest BCUT2D eigenvalue weighted by atomic mass is 10.0. The van der Waals surface area contributed by atoms with E-state index in [1.807, 2.05) is 66.9 Å². The molecule has 0 bridgehead atoms. The van der Waals surface area contributed by atoms with Crippen molar-refractivity contribution in [3.05, 3.63) is 171 Å². The number of nitrogens with zero attached hydrogens (tertiary/aromatic N) is 3. The maximum atomic E-state index is 11.4. The summed E-state index contributed by atoms with van der Waals surface area (Å²) < 4.78 is 6.24. The molecule has 0 amide bonds. The normalized spacial score (nSPS) is 11.3. The van der Waals surface area contributed by atoms with Gasteiger partial charge in [-0.15, -0.1) is 0 Å². The van der Waals surface area contributed by atoms with Crippen molar-refractivity contribution < 1.29 is 4.92 Å². The molecule has 3 aromatic heterocycles. The van der Waals surface area contributed by atoms with E-state index in [1.165, 1.54) is 44.5 Å². The van der Waals surface area contributed by atoms with Crippen LogP contribution in [0.5, 0.6) is 0 Å². The average molecular weight is 754 g/mol. The highest BCUT2D eigenvalue weighted by Crippen LogP contribution is 2.35. The van der Waals surface area contributed by atoms with Gasteiger partial charge in [0.25, 0.3) is 5.69 Å². The molecule has 0 atom stereocenters. The third kappa shape index (κ3) is 5.49. The van der Waals surface area contributed by atoms with Gasteiger partial charge in [0, 0.05) is 66.0 Å². The summed E-state index contributed by atoms with van der Waals surface area (Å²) in [6.07, 6.45) is 4.15. The van der Waals surface area contributed by atoms with Gasteiger partial charge in [-0.3, -0.25) is 10.1 Å². The van der Waals surface area contributed by atoms with Crippen LogP contribution < -0.4 is 0 Å². The van der Waals surface area contributed by atoms with Gasteiger partial charge in [0.2, 0.25) is 0 Å². The number of halogens is 2. The highest BCUT2D eigenvalue weighted by molar-refractivity contribution is 9.10. The van der Waals surface area contributed by atoms with Crippen molar-refractivity contribution >= 4 is 81.2 Å². The van der Waals surface area contributed by atoms with Crippen LogP contribution in [0.15, 0.2) is 161 Å². The second kappa shape index (κ2) is 12.3. The second-order valence-corrected chi connectivity index (χ2v) is 13.3. The van der Waals surface area contributed by atoms with Crippen molar-refractivity contribution in [2.75, 3.05) is 0 Å². The molecule has 0 spiro atoms. The molecular weight excluding hydrogens is 728 g/mol. The summed E-state index contributed by atoms with van der Waals surface area (Å²) in [5.74, 6) is 0. The number of benzene rings is 6. The van der Waals surface area contributed by atoms with Gasteiger partial charge in [-0.1, -0.05) is 80.4 Å². The zero-order valence-electron chi connectivity index (χ0n) is 25.3. The van der Waals surface area contributed by atoms with Crippen LogP contribution in [0.3, 0.4) is 0 Å². The Kier molecular flexibility index (Phi) is 7.67. The molecule has 0 fully saturated rings. The molecule has 8 heteroatoms. The molecule has 48 heavy (non-hydrogen) atoms. The van der Waals surface area contributed by atoms with Gasteiger partial charge >= 0.3 is 0 Å². The average Bonchev–Trinajstić information content (AvgIpc) is 3.82. The fourth-order valence-electron chi connectivity index (χ4n) is 6.32. The zero-order valence-corrected chi connectivity index (χ0v) is 28.5. The monoisotopic (exact) mass is 752 g/mol. The number of rotatable bonds is 4. The third-order valence-electron chi connectivity index (χ3n) is 8.60. The molecule has 0 unspecified atom stereocenters. The lowest BCUT2D eigenvalue weighted by Crippen LogP contribution is -1.94. The van der Waals surface area contributed by atoms with Crippen LogP contribution in [0.2, 0.25) is 0 Å². The Morgan fingerprint density at radius 1 is 0.562 bits per heavy atom. The van der Waals surface area contributed by atoms with E-state index in [-0.39, 0.29) is 10.6 Å². The molecule has 0 saturated heterocycles. The van der Waals surface area contributed by atoms with E-state index in [0.717, 1.165) is 31.1 Å². The van der Waals surface area contributed by atoms with E-state index in [9.17, 15) is 10.1 Å². The largest absolute Gasteiger partial charge is 0.354 e. The van der Waals surface area contributed by atoms with Gasteiger partial charge in [0.1, 0.15) is 0 Å². The number of H-pyrrole nitrogens is 1. The summed E-state index contributed by atoms with van der Waals surface area (Å²) in [5.41, 5.74) is 8.33. The Bertz CT molecular complexity index is 2620. The Morgan fingerprint density at radius 2 is 1.17 bits per heavy atom. The van der Waals surface area contributed by atoms with Crippen molar-refractivity contribution in [2.45, 2.75) is 0 Å². The molecule has 6 aromatic carbocycles. The molecule has 0 aliphatic rings. The van der Waals surface area contributed by atoms with Crippen LogP contribution >= 0.6 is 31.9 Å². The number of aromatic nitrogens is 3. The first-order chi connectivity index (χ1) is 23.4. The van der Waals surface area contributed by atoms with Crippen LogP contribution in [0.25, 0.3) is 66.1 Å². The standard InChI is InChI=1S/C20H13BrN2O2.C20H13BrN2/c21-16-8-9-19(23(24)25)18(13-16)15-7-6-14-10-11-22(20(14)12-15)17-4-2-1-3-5-17;21-14-6-7-18-16(11-14)17-12-20-13(10-19(17)22-18)8-9-23(20)15-4-2-1-3-5-15/h1-13H;1-12,22H. The fraction of sp³-hybridized carbons (Fsp3) is 0. The minimum Gasteiger partial charge on any atom is -0.354 e. The van der Waals surface area contributed by atoms with Crippen molar-refractivity contribution in [3.8, 4) is 22.5 Å². The SMILES string of the molecule is Brc1ccc2[nH]c3cc4ccn(-c5ccccc5)c4cc3c2c1.O=[N+]([O-])c1ccc(Br)cc1-c1ccc2ccn(-c3ccccc3)c2c1. The molecule has 0 aliphatic heterocycles. The number of aromatic amines is 1. The summed E-state index contributed by atoms with van der Waals surface area (Å²) in [6.45, 7) is 0. The summed E-state index contributed by atoms with van der Waals surface area (Å²) in [4.78, 5) is 14.6. The summed E-state index contributed by atoms with van der Waals surface area (Å²) >= 11 is 6.99. The van der Waals surface area contributed by atoms with E-state index in [1.54, 1.807) is 12.1 Å². The minimum atomic E-state index is -0.345. The van der Waals surface area contributed by atoms with E-state index < -0.39 is 0 Å². The van der Waals surface area contributed by atoms with Crippen LogP contribution in [0, 0.1) is 10.1 Å². The highest BCUT2D eigenvalue weighted by atomic mass is 79.9. The predicted molar refractivity (Wildman–Crippen MR) is 203 cm³/mol. The molecule has 0 aliphatic carbocycles. The van der Waals surface area contributed by atoms with Crippen molar-refractivity contribution in [2.24, 2.45) is 0 Å². The number of nitro benzene ring substituents is 1. The zero-order chi connectivity index (χ0) is 32.8. The predicted octanol–water partition coefficient (Wildman–Crippen LogP) is 12.0. The van der Waals surface area contributed by atoms with Crippen molar-refractivity contribution in [1.82, 2.24) is 14.1 Å². The first-order valence-corrected chi connectivity index (χ1v) is 16.9. The lowest BCUT2D eigenvalue weighted by molar-refractivity contribution is -0.384. The van der Waals surface area contributed by atoms with Crippen LogP contribution in [-0.4, -0.2) is 19.0 Å². The minimum absolute atomic E-state index is 0.0976. The smallest absolute Gasteiger partial charge is 0.277 e. The first kappa shape index (κ1) is 29.9. The number of para-hydroxylation sites is 2. The number of fused-ring (bicyclic) bond motifs is 5. The van der Waals surface area contributed by atoms with E-state index in [4.69, 9.17) is 0 Å². The fourth-order valence-corrected chi connectivity index (χ4v) is 7.05. The molecular formula is C40H26Br2N4O2. The molecule has 6 nitrogen and oxygen atoms in total. The Labute approximate surface area is 292 Å². The maximum Gasteiger partial charge on any atom is 0.277 e. The topological polar surface area (TPSA) is 68.8 Å². The molecule has 9 aromatic rings. The van der Waals surface area contributed by atoms with Crippen LogP contribution in [0.1, 0.15) is 0 Å². The number of hydrogen-bond acceptors (Lipinski definition) is 2. The van der Waals surface area contributed by atoms with Gasteiger partial charge < -0.3 is 14.1 Å². The lowest BCUT2D eigenvalue weighted by Gasteiger charge is -2.08. The molecule has 3 heterocycles. The van der Waals surface area contributed by atoms with Gasteiger partial charge in [-0.2, -0.15) is 0 Å². The van der Waals surface area contributed by atoms with Gasteiger partial charge in [-0.25, -0.2) is 0 Å². The molecule has 1 N–H and O–H groups in total. The quantitative estimate of drug-likeness (QED) is 0.144. The number of hydrogen-bond donors (Lipinski definition) is 1. The molecule has 0 saturated carbocycles. The van der Waals surface area contributed by atoms with E-state index in [2.05, 4.69) is 113 Å². The van der Waals surface area contributed by atoms with E-state index >= 15 is 0 Å². The summed E-state index contributed by atoms with van der Waals surface area (Å²) in [6, 6.07) is 46.5. The second-order valence-electron chi connectivity index (χ2n) is 11.5. The van der Waals surface area contributed by atoms with Crippen LogP contribution in [0.4, 0.5) is 5.69 Å². The molecule has 9 rings (SSSR count). The van der Waals surface area contributed by atoms with Gasteiger partial charge in [0.05, 0.1) is 21.5 Å². The molecule has 232 valence electrons. The van der Waals surface area contributed by atoms with Crippen molar-refractivity contribution in [1.29, 1.82) is 0 Å². The van der Waals surface area contributed by atoms with Crippen LogP contribution in [-0.2, 0) is 0 Å². The van der Waals surface area contributed by atoms with Gasteiger partial charge in [0.15, 0.2) is 0 Å². The Morgan fingerprint density at radius 3 is 1.85 bits per heavy atom. The Hall–Kier alpha value is -5.44. The first-order valence-electron chi connectivity index (χ1n) is 15.3. The highest BCUT2D eigenvalue weighted by Gasteiger charge is 2.17. The third-order valence-corrected chi connectivity index (χ3v) is 9.59. The molecule has 0 radical (unpaired) electrons. The summed E-state index contributed by atoms with van der Waals surface area (Å²) in [7, 11) is 0. The van der Waals surface area contributed by atoms with Gasteiger partial charge in [-0.05, 0) is 95.9 Å². The Balaban J connectivity index is 0.000000140. The van der Waals surface area contributed by atoms with Crippen molar-refractivity contribution in [3.63, 3.8) is 0 Å². The number of nitro groups is 1. The maximum absolute atomic E-state index is 11.4. The van der Waals surface area contributed by atoms with E-state index in [0.29, 0.717) is 5.56 Å². The summed E-state index contributed by atoms with van der Waals surface area (Å²) in [5, 5.41) is 16.2. The number of nitrogens with one attached hydrogen (secondary N) is 1.